The molecular formula is C83H78N4O. The van der Waals surface area contributed by atoms with E-state index in [1.165, 1.54) is 83.4 Å². The summed E-state index contributed by atoms with van der Waals surface area (Å²) in [7, 11) is 0. The Bertz CT molecular complexity index is 4540. The van der Waals surface area contributed by atoms with Gasteiger partial charge in [-0.15, -0.1) is 0 Å². The van der Waals surface area contributed by atoms with Crippen LogP contribution in [0.2, 0.25) is 0 Å². The fourth-order valence-electron chi connectivity index (χ4n) is 13.8. The van der Waals surface area contributed by atoms with Crippen molar-refractivity contribution in [3.8, 4) is 50.7 Å². The molecule has 0 bridgehead atoms. The summed E-state index contributed by atoms with van der Waals surface area (Å²) >= 11 is 0. The zero-order chi connectivity index (χ0) is 61.1. The number of hydrogen-bond donors (Lipinski definition) is 0. The SMILES string of the molecule is CC(C)(C)c1ccnc(-n2c3ccccc3c3ccc(Oc4cc(N5CN(c6c(-c7ccccc7)cc(C(C)(C)C)cc6-c6ccccc6)c6ccccc65)cc(C5(c6ccccc6)c6ccc(C(C)(C)C)cc6-c6cc(C(C)(C)C)ccc65)c4)cc32)c1. The van der Waals surface area contributed by atoms with Gasteiger partial charge in [0.05, 0.1) is 33.5 Å². The number of fused-ring (bicyclic) bond motifs is 7. The van der Waals surface area contributed by atoms with E-state index >= 15 is 0 Å². The molecule has 0 N–H and O–H groups in total. The summed E-state index contributed by atoms with van der Waals surface area (Å²) in [6, 6.07) is 88.3. The molecule has 0 saturated carbocycles. The molecule has 0 saturated heterocycles. The highest BCUT2D eigenvalue weighted by molar-refractivity contribution is 6.09. The third-order valence-corrected chi connectivity index (χ3v) is 18.6. The van der Waals surface area contributed by atoms with Crippen LogP contribution in [0.3, 0.4) is 0 Å². The number of aromatic nitrogens is 2. The highest BCUT2D eigenvalue weighted by Crippen LogP contribution is 2.59. The largest absolute Gasteiger partial charge is 0.457 e. The van der Waals surface area contributed by atoms with Gasteiger partial charge >= 0.3 is 0 Å². The second-order valence-electron chi connectivity index (χ2n) is 28.5. The van der Waals surface area contributed by atoms with Crippen molar-refractivity contribution >= 4 is 44.6 Å². The topological polar surface area (TPSA) is 33.5 Å². The Hall–Kier alpha value is -9.45. The van der Waals surface area contributed by atoms with Gasteiger partial charge in [-0.1, -0.05) is 241 Å². The van der Waals surface area contributed by atoms with Crippen molar-refractivity contribution in [2.24, 2.45) is 0 Å². The van der Waals surface area contributed by atoms with Crippen molar-refractivity contribution in [2.45, 2.75) is 110 Å². The van der Waals surface area contributed by atoms with E-state index in [2.05, 4.69) is 334 Å². The number of rotatable bonds is 9. The van der Waals surface area contributed by atoms with E-state index < -0.39 is 5.41 Å². The average Bonchev–Trinajstić information content (AvgIpc) is 1.55. The van der Waals surface area contributed by atoms with Gasteiger partial charge in [-0.25, -0.2) is 4.98 Å². The lowest BCUT2D eigenvalue weighted by molar-refractivity contribution is 0.482. The summed E-state index contributed by atoms with van der Waals surface area (Å²) in [4.78, 5) is 10.1. The minimum atomic E-state index is -0.754. The summed E-state index contributed by atoms with van der Waals surface area (Å²) in [6.45, 7) is 28.2. The van der Waals surface area contributed by atoms with Crippen LogP contribution in [0, 0.1) is 0 Å². The molecule has 14 rings (SSSR count). The number of benzene rings is 10. The number of nitrogens with zero attached hydrogens (tertiary/aromatic N) is 4. The van der Waals surface area contributed by atoms with E-state index in [-0.39, 0.29) is 21.7 Å². The molecule has 436 valence electrons. The van der Waals surface area contributed by atoms with E-state index in [1.54, 1.807) is 0 Å². The van der Waals surface area contributed by atoms with Crippen molar-refractivity contribution in [1.82, 2.24) is 9.55 Å². The normalized spacial score (nSPS) is 13.9. The molecule has 2 aliphatic rings. The monoisotopic (exact) mass is 1150 g/mol. The van der Waals surface area contributed by atoms with Crippen LogP contribution in [0.25, 0.3) is 61.0 Å². The molecule has 12 aromatic rings. The van der Waals surface area contributed by atoms with Crippen LogP contribution < -0.4 is 14.5 Å². The smallest absolute Gasteiger partial charge is 0.137 e. The Kier molecular flexibility index (Phi) is 13.4. The number of hydrogen-bond acceptors (Lipinski definition) is 4. The molecule has 1 aliphatic heterocycles. The maximum atomic E-state index is 7.56. The first-order valence-electron chi connectivity index (χ1n) is 31.3. The Morgan fingerprint density at radius 2 is 0.875 bits per heavy atom. The van der Waals surface area contributed by atoms with Crippen molar-refractivity contribution in [3.05, 3.63) is 287 Å². The first-order valence-corrected chi connectivity index (χ1v) is 31.3. The van der Waals surface area contributed by atoms with Gasteiger partial charge in [0.15, 0.2) is 0 Å². The Morgan fingerprint density at radius 1 is 0.375 bits per heavy atom. The predicted octanol–water partition coefficient (Wildman–Crippen LogP) is 22.1. The second kappa shape index (κ2) is 20.9. The zero-order valence-electron chi connectivity index (χ0n) is 53.0. The third kappa shape index (κ3) is 9.58. The molecule has 10 aromatic carbocycles. The maximum Gasteiger partial charge on any atom is 0.137 e. The summed E-state index contributed by atoms with van der Waals surface area (Å²) in [5.74, 6) is 2.36. The summed E-state index contributed by atoms with van der Waals surface area (Å²) < 4.78 is 9.87. The Morgan fingerprint density at radius 3 is 1.45 bits per heavy atom. The molecule has 0 atom stereocenters. The third-order valence-electron chi connectivity index (χ3n) is 18.6. The molecular weight excluding hydrogens is 1070 g/mol. The van der Waals surface area contributed by atoms with E-state index in [0.29, 0.717) is 6.67 Å². The Balaban J connectivity index is 1.03. The Labute approximate surface area is 520 Å². The highest BCUT2D eigenvalue weighted by atomic mass is 16.5. The molecule has 3 heterocycles. The predicted molar refractivity (Wildman–Crippen MR) is 370 cm³/mol. The van der Waals surface area contributed by atoms with Crippen LogP contribution in [-0.2, 0) is 27.1 Å². The number of anilines is 4. The van der Waals surface area contributed by atoms with Gasteiger partial charge in [0.2, 0.25) is 0 Å². The molecule has 2 aromatic heterocycles. The standard InChI is InChI=1S/C83H78N4O/c1-79(2,3)57-36-40-71-69(46-57)70-47-58(80(4,5)6)37-41-72(70)83(71,56-30-20-15-21-31-56)61-44-62(51-64(45-61)88-63-38-39-66-65-32-22-23-33-73(65)87(76(66)52-63)77-50-59(42-43-84-77)81(7,8)9)85-53-86(75-35-25-24-34-74(75)85)78-67(54-26-16-13-17-27-54)48-60(82(10,11)12)49-68(78)55-28-18-14-19-29-55/h13-52H,53H2,1-12H3. The lowest BCUT2D eigenvalue weighted by Gasteiger charge is -2.35. The second-order valence-corrected chi connectivity index (χ2v) is 28.5. The van der Waals surface area contributed by atoms with E-state index in [0.717, 1.165) is 56.4 Å². The van der Waals surface area contributed by atoms with Gasteiger partial charge in [0.25, 0.3) is 0 Å². The summed E-state index contributed by atoms with van der Waals surface area (Å²) in [5.41, 5.74) is 22.7. The fraction of sp³-hybridized carbons (Fsp3) is 0.217. The lowest BCUT2D eigenvalue weighted by atomic mass is 9.67. The van der Waals surface area contributed by atoms with Crippen LogP contribution in [0.1, 0.15) is 128 Å². The van der Waals surface area contributed by atoms with Crippen molar-refractivity contribution in [3.63, 3.8) is 0 Å². The van der Waals surface area contributed by atoms with Gasteiger partial charge in [-0.2, -0.15) is 0 Å². The molecule has 0 radical (unpaired) electrons. The number of para-hydroxylation sites is 3. The quantitative estimate of drug-likeness (QED) is 0.144. The molecule has 0 unspecified atom stereocenters. The van der Waals surface area contributed by atoms with Gasteiger partial charge < -0.3 is 14.5 Å². The van der Waals surface area contributed by atoms with Gasteiger partial charge in [-0.05, 0) is 155 Å². The maximum absolute atomic E-state index is 7.56. The van der Waals surface area contributed by atoms with Crippen LogP contribution in [0.4, 0.5) is 22.7 Å². The van der Waals surface area contributed by atoms with Gasteiger partial charge in [0, 0.05) is 45.9 Å². The van der Waals surface area contributed by atoms with Crippen molar-refractivity contribution in [2.75, 3.05) is 16.5 Å². The highest BCUT2D eigenvalue weighted by Gasteiger charge is 2.48. The van der Waals surface area contributed by atoms with E-state index in [1.807, 2.05) is 6.20 Å². The molecule has 5 nitrogen and oxygen atoms in total. The van der Waals surface area contributed by atoms with Crippen LogP contribution in [-0.4, -0.2) is 16.2 Å². The molecule has 1 aliphatic carbocycles. The van der Waals surface area contributed by atoms with Gasteiger partial charge in [0.1, 0.15) is 24.0 Å². The molecule has 0 spiro atoms. The summed E-state index contributed by atoms with van der Waals surface area (Å²) in [6.07, 6.45) is 1.95. The molecule has 0 fully saturated rings. The average molecular weight is 1150 g/mol. The van der Waals surface area contributed by atoms with Crippen LogP contribution in [0.5, 0.6) is 11.5 Å². The zero-order valence-corrected chi connectivity index (χ0v) is 53.0. The lowest BCUT2D eigenvalue weighted by Crippen LogP contribution is -2.30. The first-order chi connectivity index (χ1) is 42.1. The van der Waals surface area contributed by atoms with Crippen LogP contribution >= 0.6 is 0 Å². The number of ether oxygens (including phenoxy) is 1. The fourth-order valence-corrected chi connectivity index (χ4v) is 13.8. The molecule has 5 heteroatoms. The molecule has 0 amide bonds. The van der Waals surface area contributed by atoms with Crippen molar-refractivity contribution < 1.29 is 4.74 Å². The summed E-state index contributed by atoms with van der Waals surface area (Å²) in [5, 5.41) is 2.31. The minimum Gasteiger partial charge on any atom is -0.457 e. The minimum absolute atomic E-state index is 0.0627. The number of pyridine rings is 1. The van der Waals surface area contributed by atoms with E-state index in [4.69, 9.17) is 9.72 Å². The van der Waals surface area contributed by atoms with Crippen molar-refractivity contribution in [1.29, 1.82) is 0 Å². The van der Waals surface area contributed by atoms with Crippen LogP contribution in [0.15, 0.2) is 243 Å². The molecule has 88 heavy (non-hydrogen) atoms. The van der Waals surface area contributed by atoms with Gasteiger partial charge in [-0.3, -0.25) is 4.57 Å². The first kappa shape index (κ1) is 56.4. The van der Waals surface area contributed by atoms with E-state index in [9.17, 15) is 0 Å².